The molecule has 7 heteroatoms. The van der Waals surface area contributed by atoms with Crippen molar-refractivity contribution in [3.05, 3.63) is 33.9 Å². The van der Waals surface area contributed by atoms with E-state index in [2.05, 4.69) is 0 Å². The highest BCUT2D eigenvalue weighted by atomic mass is 32.2. The lowest BCUT2D eigenvalue weighted by Gasteiger charge is -2.00. The van der Waals surface area contributed by atoms with Gasteiger partial charge in [-0.1, -0.05) is 6.07 Å². The number of hydrogen-bond donors (Lipinski definition) is 1. The van der Waals surface area contributed by atoms with Gasteiger partial charge in [0.05, 0.1) is 4.92 Å². The van der Waals surface area contributed by atoms with Crippen LogP contribution in [0.25, 0.3) is 0 Å². The predicted octanol–water partition coefficient (Wildman–Crippen LogP) is 1.15. The Labute approximate surface area is 80.1 Å². The van der Waals surface area contributed by atoms with Crippen LogP contribution in [0.1, 0.15) is 5.56 Å². The molecule has 0 unspecified atom stereocenters. The molecule has 0 aromatic heterocycles. The van der Waals surface area contributed by atoms with Gasteiger partial charge >= 0.3 is 0 Å². The van der Waals surface area contributed by atoms with Crippen LogP contribution < -0.4 is 0 Å². The summed E-state index contributed by atoms with van der Waals surface area (Å²) in [6.45, 7) is 1.44. The Bertz CT molecular complexity index is 479. The molecule has 0 bridgehead atoms. The van der Waals surface area contributed by atoms with Crippen LogP contribution in [0.2, 0.25) is 0 Å². The third kappa shape index (κ3) is 2.06. The second-order valence-corrected chi connectivity index (χ2v) is 4.07. The molecular formula is C7H7NO5S. The quantitative estimate of drug-likeness (QED) is 0.455. The summed E-state index contributed by atoms with van der Waals surface area (Å²) in [6.07, 6.45) is 0. The molecule has 0 heterocycles. The maximum absolute atomic E-state index is 10.8. The first-order valence-corrected chi connectivity index (χ1v) is 4.99. The summed E-state index contributed by atoms with van der Waals surface area (Å²) in [6, 6.07) is 3.26. The van der Waals surface area contributed by atoms with Gasteiger partial charge in [-0.05, 0) is 12.5 Å². The van der Waals surface area contributed by atoms with Gasteiger partial charge in [-0.25, -0.2) is 0 Å². The van der Waals surface area contributed by atoms with Crippen molar-refractivity contribution in [3.8, 4) is 0 Å². The lowest BCUT2D eigenvalue weighted by molar-refractivity contribution is -0.385. The molecular weight excluding hydrogens is 210 g/mol. The number of nitrogens with zero attached hydrogens (tertiary/aromatic N) is 1. The maximum atomic E-state index is 10.8. The topological polar surface area (TPSA) is 97.5 Å². The molecule has 0 fully saturated rings. The van der Waals surface area contributed by atoms with Crippen LogP contribution in [0.4, 0.5) is 5.69 Å². The number of nitro groups is 1. The second-order valence-electron chi connectivity index (χ2n) is 2.68. The van der Waals surface area contributed by atoms with Gasteiger partial charge in [0.1, 0.15) is 4.90 Å². The van der Waals surface area contributed by atoms with Crippen LogP contribution in [-0.2, 0) is 10.1 Å². The summed E-state index contributed by atoms with van der Waals surface area (Å²) in [7, 11) is -4.39. The van der Waals surface area contributed by atoms with Crippen molar-refractivity contribution >= 4 is 15.8 Å². The molecule has 1 aromatic carbocycles. The Morgan fingerprint density at radius 2 is 2.00 bits per heavy atom. The van der Waals surface area contributed by atoms with Gasteiger partial charge in [0.2, 0.25) is 0 Å². The third-order valence-corrected chi connectivity index (χ3v) is 2.66. The first kappa shape index (κ1) is 10.6. The van der Waals surface area contributed by atoms with E-state index < -0.39 is 19.9 Å². The highest BCUT2D eigenvalue weighted by Gasteiger charge is 2.17. The van der Waals surface area contributed by atoms with Gasteiger partial charge in [0, 0.05) is 12.1 Å². The minimum atomic E-state index is -4.39. The average molecular weight is 217 g/mol. The first-order valence-electron chi connectivity index (χ1n) is 3.55. The normalized spacial score (nSPS) is 11.3. The zero-order chi connectivity index (χ0) is 10.9. The minimum Gasteiger partial charge on any atom is -0.282 e. The molecule has 6 nitrogen and oxygen atoms in total. The summed E-state index contributed by atoms with van der Waals surface area (Å²) >= 11 is 0. The van der Waals surface area contributed by atoms with E-state index in [0.717, 1.165) is 6.07 Å². The fourth-order valence-corrected chi connectivity index (χ4v) is 1.72. The van der Waals surface area contributed by atoms with Gasteiger partial charge in [-0.3, -0.25) is 14.7 Å². The van der Waals surface area contributed by atoms with Gasteiger partial charge in [0.25, 0.3) is 15.8 Å². The largest absolute Gasteiger partial charge is 0.295 e. The monoisotopic (exact) mass is 217 g/mol. The number of hydrogen-bond acceptors (Lipinski definition) is 4. The van der Waals surface area contributed by atoms with Crippen molar-refractivity contribution in [1.82, 2.24) is 0 Å². The number of benzene rings is 1. The molecule has 0 saturated heterocycles. The number of aryl methyl sites for hydroxylation is 1. The molecule has 76 valence electrons. The van der Waals surface area contributed by atoms with Crippen LogP contribution in [0, 0.1) is 17.0 Å². The van der Waals surface area contributed by atoms with E-state index in [1.165, 1.54) is 19.1 Å². The molecule has 0 aliphatic rings. The molecule has 1 N–H and O–H groups in total. The smallest absolute Gasteiger partial charge is 0.282 e. The van der Waals surface area contributed by atoms with Crippen molar-refractivity contribution in [2.45, 2.75) is 11.8 Å². The van der Waals surface area contributed by atoms with Crippen LogP contribution >= 0.6 is 0 Å². The number of non-ortho nitro benzene ring substituents is 1. The zero-order valence-electron chi connectivity index (χ0n) is 7.17. The van der Waals surface area contributed by atoms with Crippen molar-refractivity contribution in [2.75, 3.05) is 0 Å². The molecule has 0 saturated carbocycles. The lowest BCUT2D eigenvalue weighted by atomic mass is 10.2. The fraction of sp³-hybridized carbons (Fsp3) is 0.143. The number of nitro benzene ring substituents is 1. The molecule has 0 aliphatic carbocycles. The molecule has 14 heavy (non-hydrogen) atoms. The van der Waals surface area contributed by atoms with Gasteiger partial charge in [-0.15, -0.1) is 0 Å². The van der Waals surface area contributed by atoms with E-state index in [1.54, 1.807) is 0 Å². The van der Waals surface area contributed by atoms with Crippen molar-refractivity contribution < 1.29 is 17.9 Å². The van der Waals surface area contributed by atoms with E-state index in [1.807, 2.05) is 0 Å². The van der Waals surface area contributed by atoms with E-state index >= 15 is 0 Å². The Kier molecular flexibility index (Phi) is 2.54. The van der Waals surface area contributed by atoms with Crippen molar-refractivity contribution in [2.24, 2.45) is 0 Å². The fourth-order valence-electron chi connectivity index (χ4n) is 0.980. The Morgan fingerprint density at radius 3 is 2.43 bits per heavy atom. The summed E-state index contributed by atoms with van der Waals surface area (Å²) in [5.74, 6) is 0. The Balaban J connectivity index is 3.44. The van der Waals surface area contributed by atoms with Gasteiger partial charge in [-0.2, -0.15) is 8.42 Å². The van der Waals surface area contributed by atoms with E-state index in [4.69, 9.17) is 4.55 Å². The molecule has 0 radical (unpaired) electrons. The molecule has 1 aromatic rings. The van der Waals surface area contributed by atoms with E-state index in [-0.39, 0.29) is 11.3 Å². The molecule has 0 amide bonds. The SMILES string of the molecule is Cc1ccc([N+](=O)[O-])cc1S(=O)(=O)O. The average Bonchev–Trinajstić information content (AvgIpc) is 2.02. The summed E-state index contributed by atoms with van der Waals surface area (Å²) in [4.78, 5) is 9.15. The Morgan fingerprint density at radius 1 is 1.43 bits per heavy atom. The first-order chi connectivity index (χ1) is 6.32. The minimum absolute atomic E-state index is 0.262. The molecule has 0 aliphatic heterocycles. The van der Waals surface area contributed by atoms with E-state index in [9.17, 15) is 18.5 Å². The summed E-state index contributed by atoms with van der Waals surface area (Å²) < 4.78 is 30.2. The lowest BCUT2D eigenvalue weighted by Crippen LogP contribution is -2.01. The van der Waals surface area contributed by atoms with Gasteiger partial charge < -0.3 is 0 Å². The predicted molar refractivity (Wildman–Crippen MR) is 47.6 cm³/mol. The Hall–Kier alpha value is -1.47. The molecule has 0 atom stereocenters. The van der Waals surface area contributed by atoms with Crippen LogP contribution in [-0.4, -0.2) is 17.9 Å². The van der Waals surface area contributed by atoms with E-state index in [0.29, 0.717) is 0 Å². The van der Waals surface area contributed by atoms with Crippen LogP contribution in [0.3, 0.4) is 0 Å². The van der Waals surface area contributed by atoms with Gasteiger partial charge in [0.15, 0.2) is 0 Å². The summed E-state index contributed by atoms with van der Waals surface area (Å²) in [5, 5.41) is 10.3. The second kappa shape index (κ2) is 3.35. The maximum Gasteiger partial charge on any atom is 0.295 e. The highest BCUT2D eigenvalue weighted by Crippen LogP contribution is 2.20. The highest BCUT2D eigenvalue weighted by molar-refractivity contribution is 7.85. The standard InChI is InChI=1S/C7H7NO5S/c1-5-2-3-6(8(9)10)4-7(5)14(11,12)13/h2-4H,1H3,(H,11,12,13). The van der Waals surface area contributed by atoms with Crippen molar-refractivity contribution in [3.63, 3.8) is 0 Å². The third-order valence-electron chi connectivity index (χ3n) is 1.66. The summed E-state index contributed by atoms with van der Waals surface area (Å²) in [5.41, 5.74) is -0.110. The molecule has 1 rings (SSSR count). The molecule has 0 spiro atoms. The zero-order valence-corrected chi connectivity index (χ0v) is 7.98. The van der Waals surface area contributed by atoms with Crippen LogP contribution in [0.5, 0.6) is 0 Å². The number of rotatable bonds is 2. The van der Waals surface area contributed by atoms with Crippen molar-refractivity contribution in [1.29, 1.82) is 0 Å². The van der Waals surface area contributed by atoms with Crippen LogP contribution in [0.15, 0.2) is 23.1 Å².